The number of benzene rings is 1. The summed E-state index contributed by atoms with van der Waals surface area (Å²) in [5.41, 5.74) is 3.53. The summed E-state index contributed by atoms with van der Waals surface area (Å²) >= 11 is 0. The Hall–Kier alpha value is -2.30. The van der Waals surface area contributed by atoms with Crippen LogP contribution in [0.5, 0.6) is 0 Å². The van der Waals surface area contributed by atoms with Crippen molar-refractivity contribution in [2.75, 3.05) is 0 Å². The van der Waals surface area contributed by atoms with Gasteiger partial charge < -0.3 is 10.2 Å². The van der Waals surface area contributed by atoms with Gasteiger partial charge in [0.2, 0.25) is 0 Å². The summed E-state index contributed by atoms with van der Waals surface area (Å²) in [6, 6.07) is 10.9. The van der Waals surface area contributed by atoms with E-state index >= 15 is 0 Å². The van der Waals surface area contributed by atoms with Crippen LogP contribution in [0.4, 0.5) is 4.79 Å². The van der Waals surface area contributed by atoms with Crippen LogP contribution in [0.15, 0.2) is 36.5 Å². The van der Waals surface area contributed by atoms with Crippen LogP contribution >= 0.6 is 0 Å². The summed E-state index contributed by atoms with van der Waals surface area (Å²) in [4.78, 5) is 14.5. The fourth-order valence-corrected chi connectivity index (χ4v) is 3.64. The lowest BCUT2D eigenvalue weighted by Gasteiger charge is -2.22. The molecule has 5 nitrogen and oxygen atoms in total. The number of rotatable bonds is 2. The van der Waals surface area contributed by atoms with Crippen molar-refractivity contribution in [2.45, 2.75) is 31.5 Å². The third kappa shape index (κ3) is 1.92. The van der Waals surface area contributed by atoms with Gasteiger partial charge in [-0.2, -0.15) is 5.10 Å². The van der Waals surface area contributed by atoms with E-state index in [1.54, 1.807) is 4.68 Å². The average Bonchev–Trinajstić information content (AvgIpc) is 3.18. The highest BCUT2D eigenvalue weighted by molar-refractivity contribution is 5.77. The molecule has 4 rings (SSSR count). The second-order valence-electron chi connectivity index (χ2n) is 5.78. The molecule has 2 atom stereocenters. The van der Waals surface area contributed by atoms with E-state index in [4.69, 9.17) is 0 Å². The lowest BCUT2D eigenvalue weighted by atomic mass is 9.92. The highest BCUT2D eigenvalue weighted by Crippen LogP contribution is 2.52. The summed E-state index contributed by atoms with van der Waals surface area (Å²) in [6.45, 7) is 0.478. The number of hydrogen-bond donors (Lipinski definition) is 1. The molecule has 5 heteroatoms. The molecule has 2 aromatic rings. The number of amides is 2. The number of nitrogens with zero attached hydrogens (tertiary/aromatic N) is 3. The molecule has 1 N–H and O–H groups in total. The Kier molecular flexibility index (Phi) is 2.74. The molecule has 2 unspecified atom stereocenters. The van der Waals surface area contributed by atoms with E-state index < -0.39 is 0 Å². The molecule has 0 spiro atoms. The maximum Gasteiger partial charge on any atom is 0.318 e. The molecule has 1 fully saturated rings. The van der Waals surface area contributed by atoms with Crippen LogP contribution in [-0.4, -0.2) is 20.7 Å². The topological polar surface area (TPSA) is 50.2 Å². The van der Waals surface area contributed by atoms with Crippen LogP contribution in [-0.2, 0) is 13.6 Å². The monoisotopic (exact) mass is 282 g/mol. The number of aryl methyl sites for hydroxylation is 1. The van der Waals surface area contributed by atoms with E-state index in [1.807, 2.05) is 24.2 Å². The Morgan fingerprint density at radius 3 is 2.48 bits per heavy atom. The second-order valence-corrected chi connectivity index (χ2v) is 5.78. The van der Waals surface area contributed by atoms with Crippen molar-refractivity contribution >= 4 is 6.03 Å². The van der Waals surface area contributed by atoms with Gasteiger partial charge in [-0.25, -0.2) is 4.79 Å². The number of urea groups is 1. The minimum atomic E-state index is 0.0179. The second kappa shape index (κ2) is 4.62. The molecule has 1 saturated heterocycles. The summed E-state index contributed by atoms with van der Waals surface area (Å²) in [7, 11) is 1.88. The number of carbonyl (C=O) groups is 1. The number of fused-ring (bicyclic) bond motifs is 5. The number of nitrogens with one attached hydrogen (secondary N) is 1. The molecule has 108 valence electrons. The normalized spacial score (nSPS) is 22.4. The Labute approximate surface area is 123 Å². The van der Waals surface area contributed by atoms with Crippen molar-refractivity contribution in [3.05, 3.63) is 53.3 Å². The minimum Gasteiger partial charge on any atom is -0.332 e. The molecule has 3 heterocycles. The summed E-state index contributed by atoms with van der Waals surface area (Å²) in [5.74, 6) is 0. The Morgan fingerprint density at radius 1 is 1.24 bits per heavy atom. The average molecular weight is 282 g/mol. The molecular weight excluding hydrogens is 264 g/mol. The molecule has 1 aromatic heterocycles. The molecule has 0 aliphatic carbocycles. The first-order valence-corrected chi connectivity index (χ1v) is 7.37. The van der Waals surface area contributed by atoms with Crippen LogP contribution in [0, 0.1) is 0 Å². The third-order valence-corrected chi connectivity index (χ3v) is 4.52. The van der Waals surface area contributed by atoms with Gasteiger partial charge in [0, 0.05) is 13.2 Å². The standard InChI is InChI=1S/C16H18N4O/c1-19-9-8-11(18-19)10-17-16(21)20-14-6-7-15(20)13-5-3-2-4-12(13)14/h2-5,8-9,14-15H,6-7,10H2,1H3,(H,17,21). The fourth-order valence-electron chi connectivity index (χ4n) is 3.64. The van der Waals surface area contributed by atoms with E-state index in [2.05, 4.69) is 34.7 Å². The highest BCUT2D eigenvalue weighted by Gasteiger charge is 2.45. The Morgan fingerprint density at radius 2 is 1.90 bits per heavy atom. The van der Waals surface area contributed by atoms with Crippen LogP contribution in [0.25, 0.3) is 0 Å². The third-order valence-electron chi connectivity index (χ3n) is 4.52. The van der Waals surface area contributed by atoms with Crippen molar-refractivity contribution in [1.82, 2.24) is 20.0 Å². The first-order valence-electron chi connectivity index (χ1n) is 7.37. The first kappa shape index (κ1) is 12.4. The van der Waals surface area contributed by atoms with Gasteiger partial charge >= 0.3 is 6.03 Å². The van der Waals surface area contributed by atoms with Crippen LogP contribution < -0.4 is 5.32 Å². The minimum absolute atomic E-state index is 0.0179. The van der Waals surface area contributed by atoms with Crippen molar-refractivity contribution < 1.29 is 4.79 Å². The fraction of sp³-hybridized carbons (Fsp3) is 0.375. The zero-order valence-corrected chi connectivity index (χ0v) is 12.0. The first-order chi connectivity index (χ1) is 10.2. The summed E-state index contributed by atoms with van der Waals surface area (Å²) < 4.78 is 1.75. The van der Waals surface area contributed by atoms with Crippen LogP contribution in [0.2, 0.25) is 0 Å². The quantitative estimate of drug-likeness (QED) is 0.920. The highest BCUT2D eigenvalue weighted by atomic mass is 16.2. The van der Waals surface area contributed by atoms with E-state index in [0.29, 0.717) is 6.54 Å². The molecular formula is C16H18N4O. The van der Waals surface area contributed by atoms with Gasteiger partial charge in [0.1, 0.15) is 0 Å². The Bertz CT molecular complexity index is 662. The lowest BCUT2D eigenvalue weighted by Crippen LogP contribution is -2.37. The van der Waals surface area contributed by atoms with Crippen LogP contribution in [0.1, 0.15) is 41.7 Å². The van der Waals surface area contributed by atoms with Gasteiger partial charge in [0.25, 0.3) is 0 Å². The van der Waals surface area contributed by atoms with E-state index in [0.717, 1.165) is 18.5 Å². The number of carbonyl (C=O) groups excluding carboxylic acids is 1. The molecule has 0 radical (unpaired) electrons. The molecule has 0 saturated carbocycles. The number of hydrogen-bond acceptors (Lipinski definition) is 2. The molecule has 21 heavy (non-hydrogen) atoms. The van der Waals surface area contributed by atoms with Crippen molar-refractivity contribution in [3.63, 3.8) is 0 Å². The van der Waals surface area contributed by atoms with Gasteiger partial charge in [-0.15, -0.1) is 0 Å². The largest absolute Gasteiger partial charge is 0.332 e. The SMILES string of the molecule is Cn1ccc(CNC(=O)N2C3CCC2c2ccccc23)n1. The predicted octanol–water partition coefficient (Wildman–Crippen LogP) is 2.52. The molecule has 2 bridgehead atoms. The van der Waals surface area contributed by atoms with Crippen molar-refractivity contribution in [3.8, 4) is 0 Å². The van der Waals surface area contributed by atoms with Crippen molar-refractivity contribution in [1.29, 1.82) is 0 Å². The van der Waals surface area contributed by atoms with Gasteiger partial charge in [0.05, 0.1) is 24.3 Å². The van der Waals surface area contributed by atoms with Gasteiger partial charge in [-0.05, 0) is 30.0 Å². The maximum absolute atomic E-state index is 12.5. The summed E-state index contributed by atoms with van der Waals surface area (Å²) in [6.07, 6.45) is 4.02. The molecule has 2 aliphatic rings. The number of aromatic nitrogens is 2. The zero-order chi connectivity index (χ0) is 14.4. The van der Waals surface area contributed by atoms with Gasteiger partial charge in [-0.3, -0.25) is 4.68 Å². The smallest absolute Gasteiger partial charge is 0.318 e. The summed E-state index contributed by atoms with van der Waals surface area (Å²) in [5, 5.41) is 7.29. The molecule has 1 aromatic carbocycles. The van der Waals surface area contributed by atoms with E-state index in [9.17, 15) is 4.79 Å². The van der Waals surface area contributed by atoms with Gasteiger partial charge in [0.15, 0.2) is 0 Å². The van der Waals surface area contributed by atoms with Gasteiger partial charge in [-0.1, -0.05) is 24.3 Å². The lowest BCUT2D eigenvalue weighted by molar-refractivity contribution is 0.182. The molecule has 2 amide bonds. The van der Waals surface area contributed by atoms with E-state index in [-0.39, 0.29) is 18.1 Å². The predicted molar refractivity (Wildman–Crippen MR) is 78.4 cm³/mol. The van der Waals surface area contributed by atoms with E-state index in [1.165, 1.54) is 11.1 Å². The Balaban J connectivity index is 1.49. The molecule has 2 aliphatic heterocycles. The van der Waals surface area contributed by atoms with Crippen LogP contribution in [0.3, 0.4) is 0 Å². The zero-order valence-electron chi connectivity index (χ0n) is 12.0. The maximum atomic E-state index is 12.5. The van der Waals surface area contributed by atoms with Crippen molar-refractivity contribution in [2.24, 2.45) is 7.05 Å².